The lowest BCUT2D eigenvalue weighted by Crippen LogP contribution is -2.33. The van der Waals surface area contributed by atoms with Gasteiger partial charge < -0.3 is 4.90 Å². The minimum absolute atomic E-state index is 0.0636. The van der Waals surface area contributed by atoms with Crippen LogP contribution >= 0.6 is 0 Å². The number of halogens is 2. The molecule has 0 heterocycles. The number of nitriles is 2. The summed E-state index contributed by atoms with van der Waals surface area (Å²) in [6, 6.07) is 7.05. The average Bonchev–Trinajstić information content (AvgIpc) is 2.41. The molecule has 0 aromatic heterocycles. The van der Waals surface area contributed by atoms with E-state index >= 15 is 0 Å². The van der Waals surface area contributed by atoms with Crippen molar-refractivity contribution in [3.8, 4) is 12.1 Å². The lowest BCUT2D eigenvalue weighted by atomic mass is 10.1. The molecule has 0 N–H and O–H groups in total. The van der Waals surface area contributed by atoms with E-state index in [4.69, 9.17) is 10.5 Å². The first-order chi connectivity index (χ1) is 9.11. The molecule has 0 fully saturated rings. The van der Waals surface area contributed by atoms with Gasteiger partial charge in [-0.05, 0) is 12.1 Å². The van der Waals surface area contributed by atoms with Gasteiger partial charge in [0.2, 0.25) is 0 Å². The molecule has 0 saturated carbocycles. The Morgan fingerprint density at radius 2 is 1.74 bits per heavy atom. The highest BCUT2D eigenvalue weighted by molar-refractivity contribution is 5.94. The van der Waals surface area contributed by atoms with Crippen molar-refractivity contribution in [1.82, 2.24) is 4.90 Å². The Kier molecular flexibility index (Phi) is 5.43. The van der Waals surface area contributed by atoms with Crippen LogP contribution in [-0.2, 0) is 0 Å². The second-order valence-electron chi connectivity index (χ2n) is 3.71. The number of amides is 1. The lowest BCUT2D eigenvalue weighted by Gasteiger charge is -2.20. The highest BCUT2D eigenvalue weighted by Gasteiger charge is 2.20. The van der Waals surface area contributed by atoms with Crippen LogP contribution in [0.1, 0.15) is 23.2 Å². The first kappa shape index (κ1) is 14.6. The van der Waals surface area contributed by atoms with E-state index < -0.39 is 23.1 Å². The van der Waals surface area contributed by atoms with E-state index in [1.165, 1.54) is 17.0 Å². The summed E-state index contributed by atoms with van der Waals surface area (Å²) in [6.45, 7) is 0.153. The summed E-state index contributed by atoms with van der Waals surface area (Å²) < 4.78 is 26.6. The number of hydrogen-bond acceptors (Lipinski definition) is 3. The summed E-state index contributed by atoms with van der Waals surface area (Å²) in [6.07, 6.45) is 0.127. The molecule has 1 amide bonds. The van der Waals surface area contributed by atoms with Gasteiger partial charge in [-0.3, -0.25) is 4.79 Å². The maximum atomic E-state index is 13.5. The number of hydrogen-bond donors (Lipinski definition) is 0. The van der Waals surface area contributed by atoms with Crippen molar-refractivity contribution in [3.05, 3.63) is 35.4 Å². The quantitative estimate of drug-likeness (QED) is 0.818. The van der Waals surface area contributed by atoms with Crippen LogP contribution in [0, 0.1) is 34.3 Å². The van der Waals surface area contributed by atoms with Crippen LogP contribution in [0.5, 0.6) is 0 Å². The van der Waals surface area contributed by atoms with Crippen molar-refractivity contribution in [2.75, 3.05) is 13.1 Å². The fourth-order valence-corrected chi connectivity index (χ4v) is 1.52. The molecule has 0 bridgehead atoms. The van der Waals surface area contributed by atoms with E-state index in [1.807, 2.05) is 12.1 Å². The molecule has 1 aromatic rings. The Morgan fingerprint density at radius 3 is 2.26 bits per heavy atom. The predicted octanol–water partition coefficient (Wildman–Crippen LogP) is 2.23. The fourth-order valence-electron chi connectivity index (χ4n) is 1.52. The Bertz CT molecular complexity index is 528. The first-order valence-corrected chi connectivity index (χ1v) is 5.59. The molecule has 1 aromatic carbocycles. The fraction of sp³-hybridized carbons (Fsp3) is 0.308. The third-order valence-corrected chi connectivity index (χ3v) is 2.46. The largest absolute Gasteiger partial charge is 0.336 e. The van der Waals surface area contributed by atoms with E-state index in [0.717, 1.165) is 6.07 Å². The number of carbonyl (C=O) groups is 1. The van der Waals surface area contributed by atoms with Gasteiger partial charge in [-0.15, -0.1) is 0 Å². The third-order valence-electron chi connectivity index (χ3n) is 2.46. The van der Waals surface area contributed by atoms with Crippen LogP contribution in [0.3, 0.4) is 0 Å². The van der Waals surface area contributed by atoms with E-state index in [0.29, 0.717) is 0 Å². The van der Waals surface area contributed by atoms with Crippen molar-refractivity contribution >= 4 is 5.91 Å². The Hall–Kier alpha value is -2.47. The second-order valence-corrected chi connectivity index (χ2v) is 3.71. The minimum atomic E-state index is -1.22. The molecular formula is C13H11F2N3O. The number of rotatable bonds is 5. The van der Waals surface area contributed by atoms with Crippen LogP contribution in [0.4, 0.5) is 8.78 Å². The van der Waals surface area contributed by atoms with Crippen LogP contribution < -0.4 is 0 Å². The monoisotopic (exact) mass is 263 g/mol. The van der Waals surface area contributed by atoms with Crippen molar-refractivity contribution in [2.45, 2.75) is 12.8 Å². The first-order valence-electron chi connectivity index (χ1n) is 5.59. The van der Waals surface area contributed by atoms with Gasteiger partial charge in [0, 0.05) is 13.1 Å². The summed E-state index contributed by atoms with van der Waals surface area (Å²) in [5, 5.41) is 17.0. The highest BCUT2D eigenvalue weighted by Crippen LogP contribution is 2.14. The normalized spacial score (nSPS) is 9.47. The van der Waals surface area contributed by atoms with Gasteiger partial charge in [-0.2, -0.15) is 10.5 Å². The SMILES string of the molecule is N#CCCN(CCC#N)C(=O)c1cccc(F)c1F. The zero-order chi connectivity index (χ0) is 14.3. The molecule has 0 aliphatic rings. The summed E-state index contributed by atoms with van der Waals surface area (Å²) in [5.41, 5.74) is -0.393. The molecule has 98 valence electrons. The van der Waals surface area contributed by atoms with E-state index in [2.05, 4.69) is 0 Å². The number of nitrogens with zero attached hydrogens (tertiary/aromatic N) is 3. The molecule has 4 nitrogen and oxygen atoms in total. The van der Waals surface area contributed by atoms with Crippen molar-refractivity contribution < 1.29 is 13.6 Å². The summed E-state index contributed by atoms with van der Waals surface area (Å²) in [4.78, 5) is 13.2. The Morgan fingerprint density at radius 1 is 1.16 bits per heavy atom. The summed E-state index contributed by atoms with van der Waals surface area (Å²) in [7, 11) is 0. The molecule has 1 rings (SSSR count). The molecule has 6 heteroatoms. The van der Waals surface area contributed by atoms with Gasteiger partial charge in [0.25, 0.3) is 5.91 Å². The second kappa shape index (κ2) is 7.07. The van der Waals surface area contributed by atoms with E-state index in [-0.39, 0.29) is 25.9 Å². The molecule has 0 aliphatic carbocycles. The number of carbonyl (C=O) groups excluding carboxylic acids is 1. The van der Waals surface area contributed by atoms with Gasteiger partial charge in [0.05, 0.1) is 30.5 Å². The van der Waals surface area contributed by atoms with Crippen molar-refractivity contribution in [3.63, 3.8) is 0 Å². The zero-order valence-corrected chi connectivity index (χ0v) is 10.1. The molecule has 0 spiro atoms. The number of benzene rings is 1. The average molecular weight is 263 g/mol. The maximum absolute atomic E-state index is 13.5. The van der Waals surface area contributed by atoms with Gasteiger partial charge in [0.15, 0.2) is 11.6 Å². The van der Waals surface area contributed by atoms with Crippen molar-refractivity contribution in [1.29, 1.82) is 10.5 Å². The third kappa shape index (κ3) is 3.75. The molecule has 0 atom stereocenters. The summed E-state index contributed by atoms with van der Waals surface area (Å²) in [5.74, 6) is -3.04. The standard InChI is InChI=1S/C13H11F2N3O/c14-11-5-1-4-10(12(11)15)13(19)18(8-2-6-16)9-3-7-17/h1,4-5H,2-3,8-9H2. The minimum Gasteiger partial charge on any atom is -0.336 e. The summed E-state index contributed by atoms with van der Waals surface area (Å²) >= 11 is 0. The smallest absolute Gasteiger partial charge is 0.257 e. The molecular weight excluding hydrogens is 252 g/mol. The van der Waals surface area contributed by atoms with E-state index in [1.54, 1.807) is 0 Å². The van der Waals surface area contributed by atoms with Crippen LogP contribution in [0.25, 0.3) is 0 Å². The lowest BCUT2D eigenvalue weighted by molar-refractivity contribution is 0.0756. The molecule has 0 unspecified atom stereocenters. The maximum Gasteiger partial charge on any atom is 0.257 e. The van der Waals surface area contributed by atoms with Crippen LogP contribution in [0.2, 0.25) is 0 Å². The Labute approximate surface area is 109 Å². The molecule has 0 saturated heterocycles. The Balaban J connectivity index is 2.95. The van der Waals surface area contributed by atoms with Crippen LogP contribution in [0.15, 0.2) is 18.2 Å². The van der Waals surface area contributed by atoms with Gasteiger partial charge in [-0.1, -0.05) is 6.07 Å². The van der Waals surface area contributed by atoms with Gasteiger partial charge >= 0.3 is 0 Å². The molecule has 0 radical (unpaired) electrons. The topological polar surface area (TPSA) is 67.9 Å². The van der Waals surface area contributed by atoms with E-state index in [9.17, 15) is 13.6 Å². The predicted molar refractivity (Wildman–Crippen MR) is 62.7 cm³/mol. The highest BCUT2D eigenvalue weighted by atomic mass is 19.2. The van der Waals surface area contributed by atoms with Gasteiger partial charge in [-0.25, -0.2) is 8.78 Å². The van der Waals surface area contributed by atoms with Crippen molar-refractivity contribution in [2.24, 2.45) is 0 Å². The van der Waals surface area contributed by atoms with Crippen LogP contribution in [-0.4, -0.2) is 23.9 Å². The van der Waals surface area contributed by atoms with Gasteiger partial charge in [0.1, 0.15) is 0 Å². The molecule has 0 aliphatic heterocycles. The zero-order valence-electron chi connectivity index (χ0n) is 10.1. The molecule has 19 heavy (non-hydrogen) atoms.